The summed E-state index contributed by atoms with van der Waals surface area (Å²) in [5.41, 5.74) is 2.78. The summed E-state index contributed by atoms with van der Waals surface area (Å²) in [6.07, 6.45) is 1.25. The van der Waals surface area contributed by atoms with Crippen molar-refractivity contribution in [2.24, 2.45) is 0 Å². The van der Waals surface area contributed by atoms with Crippen LogP contribution in [0.5, 0.6) is 0 Å². The molecule has 0 saturated carbocycles. The van der Waals surface area contributed by atoms with E-state index in [2.05, 4.69) is 29.1 Å². The summed E-state index contributed by atoms with van der Waals surface area (Å²) >= 11 is 0. The lowest BCUT2D eigenvalue weighted by atomic mass is 10.2. The van der Waals surface area contributed by atoms with E-state index in [1.807, 2.05) is 28.9 Å². The van der Waals surface area contributed by atoms with E-state index >= 15 is 0 Å². The third kappa shape index (κ3) is 1.74. The molecule has 4 nitrogen and oxygen atoms in total. The lowest BCUT2D eigenvalue weighted by molar-refractivity contribution is 0.605. The lowest BCUT2D eigenvalue weighted by Crippen LogP contribution is -2.37. The van der Waals surface area contributed by atoms with Gasteiger partial charge in [-0.05, 0) is 37.6 Å². The number of anilines is 1. The van der Waals surface area contributed by atoms with Crippen molar-refractivity contribution in [3.05, 3.63) is 41.6 Å². The second-order valence-corrected chi connectivity index (χ2v) is 4.56. The lowest BCUT2D eigenvalue weighted by Gasteiger charge is -2.30. The Morgan fingerprint density at radius 2 is 1.94 bits per heavy atom. The van der Waals surface area contributed by atoms with Crippen LogP contribution in [-0.4, -0.2) is 22.9 Å². The Morgan fingerprint density at radius 3 is 2.50 bits per heavy atom. The van der Waals surface area contributed by atoms with Gasteiger partial charge in [-0.25, -0.2) is 4.68 Å². The molecule has 1 saturated heterocycles. The van der Waals surface area contributed by atoms with Gasteiger partial charge in [0.2, 0.25) is 0 Å². The van der Waals surface area contributed by atoms with Crippen LogP contribution in [0, 0.1) is 18.3 Å². The summed E-state index contributed by atoms with van der Waals surface area (Å²) in [5.74, 6) is 1.04. The van der Waals surface area contributed by atoms with Gasteiger partial charge in [-0.2, -0.15) is 10.4 Å². The van der Waals surface area contributed by atoms with Crippen molar-refractivity contribution >= 4 is 5.82 Å². The number of benzene rings is 1. The minimum absolute atomic E-state index is 0.673. The molecule has 0 radical (unpaired) electrons. The average Bonchev–Trinajstić information content (AvgIpc) is 2.69. The highest BCUT2D eigenvalue weighted by molar-refractivity contribution is 5.46. The first kappa shape index (κ1) is 10.8. The molecule has 2 aromatic rings. The first-order chi connectivity index (χ1) is 8.78. The average molecular weight is 238 g/mol. The van der Waals surface area contributed by atoms with Crippen molar-refractivity contribution < 1.29 is 0 Å². The van der Waals surface area contributed by atoms with Crippen molar-refractivity contribution in [3.63, 3.8) is 0 Å². The summed E-state index contributed by atoms with van der Waals surface area (Å²) in [7, 11) is 0. The highest BCUT2D eigenvalue weighted by Crippen LogP contribution is 2.22. The Labute approximate surface area is 106 Å². The first-order valence-corrected chi connectivity index (χ1v) is 6.10. The maximum absolute atomic E-state index is 8.79. The van der Waals surface area contributed by atoms with Crippen LogP contribution >= 0.6 is 0 Å². The van der Waals surface area contributed by atoms with Gasteiger partial charge in [0, 0.05) is 24.8 Å². The zero-order valence-electron chi connectivity index (χ0n) is 10.3. The van der Waals surface area contributed by atoms with Crippen LogP contribution in [0.4, 0.5) is 5.82 Å². The number of aromatic nitrogens is 2. The second-order valence-electron chi connectivity index (χ2n) is 4.56. The van der Waals surface area contributed by atoms with Gasteiger partial charge in [0.15, 0.2) is 5.82 Å². The van der Waals surface area contributed by atoms with Crippen LogP contribution in [-0.2, 0) is 0 Å². The molecule has 1 aromatic heterocycles. The molecule has 0 N–H and O–H groups in total. The molecule has 3 rings (SSSR count). The first-order valence-electron chi connectivity index (χ1n) is 6.10. The van der Waals surface area contributed by atoms with Gasteiger partial charge in [-0.3, -0.25) is 0 Å². The standard InChI is InChI=1S/C14H14N4/c1-11-9-14(17-7-2-8-17)16-18(11)13-5-3-12(10-15)4-6-13/h3-6,9H,2,7-8H2,1H3. The Morgan fingerprint density at radius 1 is 1.22 bits per heavy atom. The molecule has 2 heterocycles. The molecule has 1 aliphatic heterocycles. The largest absolute Gasteiger partial charge is 0.355 e. The Kier molecular flexibility index (Phi) is 2.52. The topological polar surface area (TPSA) is 44.9 Å². The molecule has 4 heteroatoms. The zero-order chi connectivity index (χ0) is 12.5. The highest BCUT2D eigenvalue weighted by atomic mass is 15.4. The van der Waals surface area contributed by atoms with Gasteiger partial charge in [-0.1, -0.05) is 0 Å². The molecule has 1 aliphatic rings. The van der Waals surface area contributed by atoms with E-state index < -0.39 is 0 Å². The quantitative estimate of drug-likeness (QED) is 0.806. The number of nitrogens with zero attached hydrogens (tertiary/aromatic N) is 4. The molecule has 0 unspecified atom stereocenters. The molecule has 1 fully saturated rings. The Balaban J connectivity index is 1.95. The molecule has 90 valence electrons. The number of nitriles is 1. The van der Waals surface area contributed by atoms with E-state index in [-0.39, 0.29) is 0 Å². The fraction of sp³-hybridized carbons (Fsp3) is 0.286. The molecular formula is C14H14N4. The molecule has 1 aromatic carbocycles. The van der Waals surface area contributed by atoms with Gasteiger partial charge in [-0.15, -0.1) is 0 Å². The van der Waals surface area contributed by atoms with Crippen molar-refractivity contribution in [1.82, 2.24) is 9.78 Å². The molecule has 0 spiro atoms. The zero-order valence-corrected chi connectivity index (χ0v) is 10.3. The van der Waals surface area contributed by atoms with Gasteiger partial charge in [0.05, 0.1) is 17.3 Å². The van der Waals surface area contributed by atoms with E-state index in [9.17, 15) is 0 Å². The minimum Gasteiger partial charge on any atom is -0.355 e. The van der Waals surface area contributed by atoms with Crippen molar-refractivity contribution in [1.29, 1.82) is 5.26 Å². The molecular weight excluding hydrogens is 224 g/mol. The molecule has 0 aliphatic carbocycles. The van der Waals surface area contributed by atoms with Crippen molar-refractivity contribution in [2.75, 3.05) is 18.0 Å². The SMILES string of the molecule is Cc1cc(N2CCC2)nn1-c1ccc(C#N)cc1. The van der Waals surface area contributed by atoms with Crippen molar-refractivity contribution in [3.8, 4) is 11.8 Å². The summed E-state index contributed by atoms with van der Waals surface area (Å²) in [6, 6.07) is 11.7. The molecule has 0 atom stereocenters. The van der Waals surface area contributed by atoms with Crippen LogP contribution in [0.1, 0.15) is 17.7 Å². The maximum Gasteiger partial charge on any atom is 0.151 e. The normalized spacial score (nSPS) is 14.1. The summed E-state index contributed by atoms with van der Waals surface area (Å²) < 4.78 is 1.93. The maximum atomic E-state index is 8.79. The van der Waals surface area contributed by atoms with Crippen molar-refractivity contribution in [2.45, 2.75) is 13.3 Å². The third-order valence-electron chi connectivity index (χ3n) is 3.30. The third-order valence-corrected chi connectivity index (χ3v) is 3.30. The summed E-state index contributed by atoms with van der Waals surface area (Å²) in [6.45, 7) is 4.25. The van der Waals surface area contributed by atoms with Crippen LogP contribution in [0.25, 0.3) is 5.69 Å². The molecule has 0 bridgehead atoms. The monoisotopic (exact) mass is 238 g/mol. The minimum atomic E-state index is 0.673. The highest BCUT2D eigenvalue weighted by Gasteiger charge is 2.18. The predicted molar refractivity (Wildman–Crippen MR) is 69.8 cm³/mol. The number of aryl methyl sites for hydroxylation is 1. The smallest absolute Gasteiger partial charge is 0.151 e. The fourth-order valence-corrected chi connectivity index (χ4v) is 2.10. The van der Waals surface area contributed by atoms with Crippen LogP contribution < -0.4 is 4.90 Å². The number of hydrogen-bond acceptors (Lipinski definition) is 3. The van der Waals surface area contributed by atoms with Gasteiger partial charge >= 0.3 is 0 Å². The van der Waals surface area contributed by atoms with Gasteiger partial charge in [0.25, 0.3) is 0 Å². The van der Waals surface area contributed by atoms with Gasteiger partial charge < -0.3 is 4.90 Å². The van der Waals surface area contributed by atoms with Crippen LogP contribution in [0.15, 0.2) is 30.3 Å². The van der Waals surface area contributed by atoms with E-state index in [1.54, 1.807) is 0 Å². The van der Waals surface area contributed by atoms with E-state index in [0.29, 0.717) is 5.56 Å². The predicted octanol–water partition coefficient (Wildman–Crippen LogP) is 2.26. The van der Waals surface area contributed by atoms with E-state index in [4.69, 9.17) is 5.26 Å². The molecule has 0 amide bonds. The number of hydrogen-bond donors (Lipinski definition) is 0. The van der Waals surface area contributed by atoms with Crippen LogP contribution in [0.3, 0.4) is 0 Å². The Hall–Kier alpha value is -2.28. The summed E-state index contributed by atoms with van der Waals surface area (Å²) in [5, 5.41) is 13.4. The molecule has 18 heavy (non-hydrogen) atoms. The number of rotatable bonds is 2. The Bertz CT molecular complexity index is 600. The van der Waals surface area contributed by atoms with E-state index in [1.165, 1.54) is 6.42 Å². The second kappa shape index (κ2) is 4.19. The fourth-order valence-electron chi connectivity index (χ4n) is 2.10. The van der Waals surface area contributed by atoms with Crippen LogP contribution in [0.2, 0.25) is 0 Å². The van der Waals surface area contributed by atoms with Gasteiger partial charge in [0.1, 0.15) is 0 Å². The van der Waals surface area contributed by atoms with E-state index in [0.717, 1.165) is 30.3 Å². The summed E-state index contributed by atoms with van der Waals surface area (Å²) in [4.78, 5) is 2.27.